The first kappa shape index (κ1) is 11.9. The van der Waals surface area contributed by atoms with E-state index in [1.165, 1.54) is 11.1 Å². The van der Waals surface area contributed by atoms with Gasteiger partial charge in [0.1, 0.15) is 0 Å². The van der Waals surface area contributed by atoms with Crippen molar-refractivity contribution in [3.63, 3.8) is 0 Å². The summed E-state index contributed by atoms with van der Waals surface area (Å²) in [5, 5.41) is 0. The number of halogens is 2. The van der Waals surface area contributed by atoms with Gasteiger partial charge in [-0.2, -0.15) is 0 Å². The molecule has 3 heteroatoms. The standard InChI is InChI=1S/C14H14Br2O/c1-14(2)9-7-5-3-4-6-8(7)10(14)12(16)13(17)11(9)15/h3-6,9-12H,1-2H3/t9-,10+,11-,12+. The van der Waals surface area contributed by atoms with Crippen LogP contribution in [0.15, 0.2) is 24.3 Å². The summed E-state index contributed by atoms with van der Waals surface area (Å²) in [5.74, 6) is 0.880. The molecule has 3 rings (SSSR count). The summed E-state index contributed by atoms with van der Waals surface area (Å²) in [6.45, 7) is 4.55. The molecule has 0 spiro atoms. The molecule has 17 heavy (non-hydrogen) atoms. The number of ketones is 1. The van der Waals surface area contributed by atoms with E-state index < -0.39 is 0 Å². The zero-order valence-electron chi connectivity index (χ0n) is 9.78. The maximum Gasteiger partial charge on any atom is 0.161 e. The molecular weight excluding hydrogens is 344 g/mol. The van der Waals surface area contributed by atoms with Crippen LogP contribution in [0.2, 0.25) is 0 Å². The van der Waals surface area contributed by atoms with Gasteiger partial charge in [0.15, 0.2) is 5.78 Å². The second kappa shape index (κ2) is 3.67. The lowest BCUT2D eigenvalue weighted by Crippen LogP contribution is -2.46. The molecule has 0 radical (unpaired) electrons. The molecule has 2 aliphatic carbocycles. The fourth-order valence-electron chi connectivity index (χ4n) is 3.62. The first-order valence-corrected chi connectivity index (χ1v) is 7.70. The minimum Gasteiger partial charge on any atom is -0.297 e. The van der Waals surface area contributed by atoms with Crippen molar-refractivity contribution in [2.24, 2.45) is 5.41 Å². The molecule has 0 N–H and O–H groups in total. The zero-order valence-corrected chi connectivity index (χ0v) is 13.0. The Morgan fingerprint density at radius 3 is 1.82 bits per heavy atom. The molecule has 0 aliphatic heterocycles. The van der Waals surface area contributed by atoms with E-state index in [0.29, 0.717) is 11.8 Å². The zero-order chi connectivity index (χ0) is 12.4. The van der Waals surface area contributed by atoms with Gasteiger partial charge in [-0.1, -0.05) is 70.0 Å². The largest absolute Gasteiger partial charge is 0.297 e. The van der Waals surface area contributed by atoms with Crippen LogP contribution in [0.25, 0.3) is 0 Å². The highest BCUT2D eigenvalue weighted by Crippen LogP contribution is 2.63. The Morgan fingerprint density at radius 1 is 1.00 bits per heavy atom. The molecule has 1 fully saturated rings. The minimum atomic E-state index is -0.0678. The van der Waals surface area contributed by atoms with Gasteiger partial charge in [-0.05, 0) is 16.5 Å². The number of alkyl halides is 2. The van der Waals surface area contributed by atoms with Crippen molar-refractivity contribution in [3.05, 3.63) is 35.4 Å². The van der Waals surface area contributed by atoms with E-state index in [0.717, 1.165) is 0 Å². The second-order valence-corrected chi connectivity index (χ2v) is 7.58. The van der Waals surface area contributed by atoms with Gasteiger partial charge in [0, 0.05) is 11.8 Å². The molecule has 1 nitrogen and oxygen atoms in total. The Balaban J connectivity index is 2.27. The molecule has 0 aromatic heterocycles. The van der Waals surface area contributed by atoms with E-state index in [2.05, 4.69) is 70.0 Å². The molecule has 90 valence electrons. The lowest BCUT2D eigenvalue weighted by atomic mass is 9.66. The van der Waals surface area contributed by atoms with Crippen LogP contribution in [-0.4, -0.2) is 15.4 Å². The number of carbonyl (C=O) groups excluding carboxylic acids is 1. The van der Waals surface area contributed by atoms with Crippen LogP contribution in [0.5, 0.6) is 0 Å². The number of Topliss-reactive ketones (excluding diaryl/α,β-unsaturated/α-hetero) is 1. The van der Waals surface area contributed by atoms with Crippen molar-refractivity contribution < 1.29 is 4.79 Å². The van der Waals surface area contributed by atoms with Crippen LogP contribution in [0, 0.1) is 5.41 Å². The molecule has 2 aliphatic rings. The van der Waals surface area contributed by atoms with Crippen LogP contribution in [0.3, 0.4) is 0 Å². The molecule has 0 saturated heterocycles. The Labute approximate surface area is 118 Å². The molecule has 1 aromatic carbocycles. The van der Waals surface area contributed by atoms with Crippen LogP contribution in [0.1, 0.15) is 36.8 Å². The van der Waals surface area contributed by atoms with E-state index in [9.17, 15) is 4.79 Å². The summed E-state index contributed by atoms with van der Waals surface area (Å²) in [6.07, 6.45) is 0. The quantitative estimate of drug-likeness (QED) is 0.641. The molecule has 0 amide bonds. The average molecular weight is 358 g/mol. The fourth-order valence-corrected chi connectivity index (χ4v) is 6.48. The van der Waals surface area contributed by atoms with Crippen LogP contribution in [-0.2, 0) is 4.79 Å². The van der Waals surface area contributed by atoms with Gasteiger partial charge in [-0.25, -0.2) is 0 Å². The van der Waals surface area contributed by atoms with Gasteiger partial charge in [0.25, 0.3) is 0 Å². The minimum absolute atomic E-state index is 0.0678. The van der Waals surface area contributed by atoms with Gasteiger partial charge in [-0.15, -0.1) is 0 Å². The van der Waals surface area contributed by atoms with Gasteiger partial charge < -0.3 is 0 Å². The number of hydrogen-bond donors (Lipinski definition) is 0. The molecular formula is C14H14Br2O. The highest BCUT2D eigenvalue weighted by molar-refractivity contribution is 9.10. The van der Waals surface area contributed by atoms with Crippen molar-refractivity contribution in [2.75, 3.05) is 0 Å². The van der Waals surface area contributed by atoms with Crippen LogP contribution < -0.4 is 0 Å². The maximum absolute atomic E-state index is 12.2. The normalized spacial score (nSPS) is 38.0. The average Bonchev–Trinajstić information content (AvgIpc) is 2.47. The molecule has 1 saturated carbocycles. The summed E-state index contributed by atoms with van der Waals surface area (Å²) in [4.78, 5) is 12.1. The van der Waals surface area contributed by atoms with Gasteiger partial charge in [-0.3, -0.25) is 4.79 Å². The number of benzene rings is 1. The lowest BCUT2D eigenvalue weighted by molar-refractivity contribution is -0.121. The predicted octanol–water partition coefficient (Wildman–Crippen LogP) is 4.00. The van der Waals surface area contributed by atoms with Crippen LogP contribution in [0.4, 0.5) is 0 Å². The Morgan fingerprint density at radius 2 is 1.41 bits per heavy atom. The molecule has 0 heterocycles. The first-order chi connectivity index (χ1) is 7.96. The highest BCUT2D eigenvalue weighted by atomic mass is 79.9. The van der Waals surface area contributed by atoms with Gasteiger partial charge >= 0.3 is 0 Å². The Bertz CT molecular complexity index is 454. The third-order valence-corrected chi connectivity index (χ3v) is 6.36. The van der Waals surface area contributed by atoms with E-state index in [-0.39, 0.29) is 20.9 Å². The smallest absolute Gasteiger partial charge is 0.161 e. The van der Waals surface area contributed by atoms with E-state index in [1.807, 2.05) is 0 Å². The van der Waals surface area contributed by atoms with E-state index >= 15 is 0 Å². The fraction of sp³-hybridized carbons (Fsp3) is 0.500. The third kappa shape index (κ3) is 1.39. The van der Waals surface area contributed by atoms with Crippen molar-refractivity contribution in [2.45, 2.75) is 35.3 Å². The van der Waals surface area contributed by atoms with Crippen LogP contribution >= 0.6 is 31.9 Å². The summed E-state index contributed by atoms with van der Waals surface area (Å²) in [7, 11) is 0. The van der Waals surface area contributed by atoms with Crippen molar-refractivity contribution in [3.8, 4) is 0 Å². The second-order valence-electron chi connectivity index (χ2n) is 5.61. The van der Waals surface area contributed by atoms with E-state index in [4.69, 9.17) is 0 Å². The SMILES string of the molecule is CC1(C)[C@@H]2c3ccccc3[C@H]1[C@H](Br)C(=O)[C@@H]2Br. The molecule has 4 atom stereocenters. The number of hydrogen-bond acceptors (Lipinski definition) is 1. The van der Waals surface area contributed by atoms with Crippen molar-refractivity contribution in [1.82, 2.24) is 0 Å². The Hall–Kier alpha value is -0.150. The topological polar surface area (TPSA) is 17.1 Å². The number of rotatable bonds is 0. The van der Waals surface area contributed by atoms with Crippen molar-refractivity contribution >= 4 is 37.6 Å². The predicted molar refractivity (Wildman–Crippen MR) is 76.1 cm³/mol. The van der Waals surface area contributed by atoms with Gasteiger partial charge in [0.05, 0.1) is 9.65 Å². The number of fused-ring (bicyclic) bond motifs is 5. The summed E-state index contributed by atoms with van der Waals surface area (Å²) in [6, 6.07) is 8.49. The maximum atomic E-state index is 12.2. The monoisotopic (exact) mass is 356 g/mol. The summed E-state index contributed by atoms with van der Waals surface area (Å²) >= 11 is 7.23. The summed E-state index contributed by atoms with van der Waals surface area (Å²) < 4.78 is 0. The Kier molecular flexibility index (Phi) is 2.57. The third-order valence-electron chi connectivity index (χ3n) is 4.40. The molecule has 0 unspecified atom stereocenters. The van der Waals surface area contributed by atoms with E-state index in [1.54, 1.807) is 0 Å². The highest BCUT2D eigenvalue weighted by Gasteiger charge is 2.59. The van der Waals surface area contributed by atoms with Gasteiger partial charge in [0.2, 0.25) is 0 Å². The summed E-state index contributed by atoms with van der Waals surface area (Å²) in [5.41, 5.74) is 2.82. The number of carbonyl (C=O) groups is 1. The van der Waals surface area contributed by atoms with Crippen molar-refractivity contribution in [1.29, 1.82) is 0 Å². The molecule has 1 aromatic rings. The first-order valence-electron chi connectivity index (χ1n) is 5.87. The molecule has 2 bridgehead atoms. The lowest BCUT2D eigenvalue weighted by Gasteiger charge is -2.43.